The molecule has 0 aliphatic carbocycles. The number of aromatic nitrogens is 1. The van der Waals surface area contributed by atoms with Gasteiger partial charge in [0.2, 0.25) is 0 Å². The van der Waals surface area contributed by atoms with Crippen molar-refractivity contribution in [3.05, 3.63) is 40.2 Å². The molecule has 0 saturated carbocycles. The van der Waals surface area contributed by atoms with Crippen molar-refractivity contribution in [1.82, 2.24) is 9.88 Å². The molecule has 0 saturated heterocycles. The lowest BCUT2D eigenvalue weighted by Crippen LogP contribution is -2.45. The van der Waals surface area contributed by atoms with Gasteiger partial charge in [0.15, 0.2) is 11.5 Å². The van der Waals surface area contributed by atoms with E-state index in [4.69, 9.17) is 9.15 Å². The number of nitrogens with zero attached hydrogens (tertiary/aromatic N) is 2. The zero-order valence-electron chi connectivity index (χ0n) is 13.7. The van der Waals surface area contributed by atoms with Crippen molar-refractivity contribution in [2.75, 3.05) is 6.61 Å². The number of esters is 1. The molecule has 7 heteroatoms. The second-order valence-corrected chi connectivity index (χ2v) is 6.83. The molecule has 1 amide bonds. The van der Waals surface area contributed by atoms with Crippen LogP contribution in [0.5, 0.6) is 0 Å². The standard InChI is InChI=1S/C16H20N2O4S/c1-5-21-15(20)11-10-23-13(17-11)9-18(16(2,3)4)14(19)12-7-6-8-22-12/h6-8,10H,5,9H2,1-4H3. The molecule has 2 aromatic heterocycles. The van der Waals surface area contributed by atoms with Crippen LogP contribution in [0.25, 0.3) is 0 Å². The molecule has 0 atom stereocenters. The summed E-state index contributed by atoms with van der Waals surface area (Å²) >= 11 is 1.33. The lowest BCUT2D eigenvalue weighted by Gasteiger charge is -2.34. The smallest absolute Gasteiger partial charge is 0.357 e. The molecule has 124 valence electrons. The Hall–Kier alpha value is -2.15. The van der Waals surface area contributed by atoms with Crippen LogP contribution in [-0.4, -0.2) is 33.9 Å². The Labute approximate surface area is 139 Å². The first-order valence-electron chi connectivity index (χ1n) is 7.30. The summed E-state index contributed by atoms with van der Waals surface area (Å²) in [6.45, 7) is 8.16. The number of ether oxygens (including phenoxy) is 1. The van der Waals surface area contributed by atoms with Gasteiger partial charge in [0.1, 0.15) is 5.01 Å². The van der Waals surface area contributed by atoms with Crippen LogP contribution < -0.4 is 0 Å². The van der Waals surface area contributed by atoms with Gasteiger partial charge in [-0.2, -0.15) is 0 Å². The Morgan fingerprint density at radius 2 is 2.13 bits per heavy atom. The zero-order valence-corrected chi connectivity index (χ0v) is 14.5. The Kier molecular flexibility index (Phi) is 5.20. The van der Waals surface area contributed by atoms with E-state index in [9.17, 15) is 9.59 Å². The van der Waals surface area contributed by atoms with Gasteiger partial charge in [0.25, 0.3) is 5.91 Å². The fourth-order valence-corrected chi connectivity index (χ4v) is 2.72. The molecule has 0 spiro atoms. The largest absolute Gasteiger partial charge is 0.461 e. The van der Waals surface area contributed by atoms with E-state index in [-0.39, 0.29) is 17.4 Å². The SMILES string of the molecule is CCOC(=O)c1csc(CN(C(=O)c2ccco2)C(C)(C)C)n1. The van der Waals surface area contributed by atoms with Crippen LogP contribution in [0.1, 0.15) is 53.7 Å². The number of thiazole rings is 1. The second kappa shape index (κ2) is 6.95. The van der Waals surface area contributed by atoms with Gasteiger partial charge in [0, 0.05) is 10.9 Å². The molecule has 0 radical (unpaired) electrons. The fraction of sp³-hybridized carbons (Fsp3) is 0.438. The first-order chi connectivity index (χ1) is 10.8. The zero-order chi connectivity index (χ0) is 17.0. The van der Waals surface area contributed by atoms with Crippen molar-refractivity contribution < 1.29 is 18.7 Å². The lowest BCUT2D eigenvalue weighted by molar-refractivity contribution is 0.0519. The molecular weight excluding hydrogens is 316 g/mol. The number of rotatable bonds is 5. The van der Waals surface area contributed by atoms with Gasteiger partial charge in [0.05, 0.1) is 19.4 Å². The number of hydrogen-bond donors (Lipinski definition) is 0. The van der Waals surface area contributed by atoms with E-state index in [1.807, 2.05) is 20.8 Å². The van der Waals surface area contributed by atoms with Crippen molar-refractivity contribution in [3.63, 3.8) is 0 Å². The Morgan fingerprint density at radius 1 is 1.39 bits per heavy atom. The lowest BCUT2D eigenvalue weighted by atomic mass is 10.1. The molecule has 0 aliphatic rings. The molecule has 6 nitrogen and oxygen atoms in total. The van der Waals surface area contributed by atoms with E-state index in [0.29, 0.717) is 18.2 Å². The van der Waals surface area contributed by atoms with E-state index in [1.54, 1.807) is 29.3 Å². The third-order valence-corrected chi connectivity index (χ3v) is 3.95. The van der Waals surface area contributed by atoms with Crippen LogP contribution in [0.2, 0.25) is 0 Å². The van der Waals surface area contributed by atoms with Gasteiger partial charge in [-0.3, -0.25) is 4.79 Å². The van der Waals surface area contributed by atoms with Crippen LogP contribution in [0.3, 0.4) is 0 Å². The van der Waals surface area contributed by atoms with Crippen LogP contribution in [-0.2, 0) is 11.3 Å². The van der Waals surface area contributed by atoms with E-state index in [2.05, 4.69) is 4.98 Å². The first-order valence-corrected chi connectivity index (χ1v) is 8.18. The molecule has 0 fully saturated rings. The molecule has 0 aromatic carbocycles. The number of amides is 1. The van der Waals surface area contributed by atoms with Crippen molar-refractivity contribution in [3.8, 4) is 0 Å². The fourth-order valence-electron chi connectivity index (χ4n) is 1.96. The molecule has 0 unspecified atom stereocenters. The molecule has 2 rings (SSSR count). The van der Waals surface area contributed by atoms with Crippen LogP contribution in [0.4, 0.5) is 0 Å². The number of furan rings is 1. The maximum atomic E-state index is 12.6. The predicted octanol–water partition coefficient (Wildman–Crippen LogP) is 3.35. The monoisotopic (exact) mass is 336 g/mol. The van der Waals surface area contributed by atoms with Gasteiger partial charge in [-0.1, -0.05) is 0 Å². The van der Waals surface area contributed by atoms with Crippen LogP contribution in [0, 0.1) is 0 Å². The maximum Gasteiger partial charge on any atom is 0.357 e. The van der Waals surface area contributed by atoms with Crippen molar-refractivity contribution >= 4 is 23.2 Å². The van der Waals surface area contributed by atoms with Crippen molar-refractivity contribution in [1.29, 1.82) is 0 Å². The van der Waals surface area contributed by atoms with Crippen LogP contribution in [0.15, 0.2) is 28.2 Å². The van der Waals surface area contributed by atoms with Gasteiger partial charge in [-0.05, 0) is 39.8 Å². The quantitative estimate of drug-likeness (QED) is 0.783. The molecule has 2 aromatic rings. The number of carbonyl (C=O) groups is 2. The summed E-state index contributed by atoms with van der Waals surface area (Å²) in [6.07, 6.45) is 1.47. The van der Waals surface area contributed by atoms with E-state index in [1.165, 1.54) is 17.6 Å². The maximum absolute atomic E-state index is 12.6. The Bertz CT molecular complexity index is 671. The molecule has 0 aliphatic heterocycles. The number of carbonyl (C=O) groups excluding carboxylic acids is 2. The van der Waals surface area contributed by atoms with Gasteiger partial charge < -0.3 is 14.1 Å². The van der Waals surface area contributed by atoms with E-state index in [0.717, 1.165) is 0 Å². The summed E-state index contributed by atoms with van der Waals surface area (Å²) in [5.41, 5.74) is -0.147. The molecule has 23 heavy (non-hydrogen) atoms. The first kappa shape index (κ1) is 17.2. The summed E-state index contributed by atoms with van der Waals surface area (Å²) in [6, 6.07) is 3.31. The van der Waals surface area contributed by atoms with E-state index < -0.39 is 11.5 Å². The van der Waals surface area contributed by atoms with Crippen molar-refractivity contribution in [2.24, 2.45) is 0 Å². The van der Waals surface area contributed by atoms with Gasteiger partial charge in [-0.25, -0.2) is 9.78 Å². The highest BCUT2D eigenvalue weighted by Gasteiger charge is 2.30. The Morgan fingerprint density at radius 3 is 2.70 bits per heavy atom. The number of hydrogen-bond acceptors (Lipinski definition) is 6. The Balaban J connectivity index is 2.19. The highest BCUT2D eigenvalue weighted by atomic mass is 32.1. The average Bonchev–Trinajstić information content (AvgIpc) is 3.14. The minimum Gasteiger partial charge on any atom is -0.461 e. The average molecular weight is 336 g/mol. The summed E-state index contributed by atoms with van der Waals surface area (Å²) < 4.78 is 10.1. The third kappa shape index (κ3) is 4.19. The summed E-state index contributed by atoms with van der Waals surface area (Å²) in [5.74, 6) is -0.382. The molecule has 0 bridgehead atoms. The second-order valence-electron chi connectivity index (χ2n) is 5.89. The normalized spacial score (nSPS) is 11.3. The van der Waals surface area contributed by atoms with E-state index >= 15 is 0 Å². The summed E-state index contributed by atoms with van der Waals surface area (Å²) in [7, 11) is 0. The van der Waals surface area contributed by atoms with Gasteiger partial charge in [-0.15, -0.1) is 11.3 Å². The molecule has 2 heterocycles. The highest BCUT2D eigenvalue weighted by Crippen LogP contribution is 2.22. The topological polar surface area (TPSA) is 72.6 Å². The summed E-state index contributed by atoms with van der Waals surface area (Å²) in [5, 5.41) is 2.31. The summed E-state index contributed by atoms with van der Waals surface area (Å²) in [4.78, 5) is 30.2. The van der Waals surface area contributed by atoms with Gasteiger partial charge >= 0.3 is 5.97 Å². The molecular formula is C16H20N2O4S. The highest BCUT2D eigenvalue weighted by molar-refractivity contribution is 7.09. The minimum absolute atomic E-state index is 0.213. The minimum atomic E-state index is -0.449. The van der Waals surface area contributed by atoms with Crippen molar-refractivity contribution in [2.45, 2.75) is 39.8 Å². The predicted molar refractivity (Wildman–Crippen MR) is 86.4 cm³/mol. The van der Waals surface area contributed by atoms with Crippen LogP contribution >= 0.6 is 11.3 Å². The third-order valence-electron chi connectivity index (χ3n) is 3.12. The molecule has 0 N–H and O–H groups in total.